The van der Waals surface area contributed by atoms with Crippen LogP contribution in [-0.4, -0.2) is 34.4 Å². The Kier molecular flexibility index (Phi) is 4.29. The molecule has 3 aromatic rings. The number of nitrogens with zero attached hydrogens (tertiary/aromatic N) is 1. The van der Waals surface area contributed by atoms with Gasteiger partial charge >= 0.3 is 0 Å². The largest absolute Gasteiger partial charge is 0.351 e. The van der Waals surface area contributed by atoms with Gasteiger partial charge in [-0.15, -0.1) is 0 Å². The van der Waals surface area contributed by atoms with Crippen LogP contribution in [0.25, 0.3) is 10.9 Å². The van der Waals surface area contributed by atoms with Gasteiger partial charge in [-0.25, -0.2) is 0 Å². The summed E-state index contributed by atoms with van der Waals surface area (Å²) < 4.78 is 0. The first-order chi connectivity index (χ1) is 12.5. The van der Waals surface area contributed by atoms with Crippen molar-refractivity contribution >= 4 is 16.8 Å². The molecule has 0 aliphatic carbocycles. The van der Waals surface area contributed by atoms with Gasteiger partial charge < -0.3 is 10.3 Å². The third kappa shape index (κ3) is 3.25. The second kappa shape index (κ2) is 6.61. The van der Waals surface area contributed by atoms with E-state index in [4.69, 9.17) is 0 Å². The van der Waals surface area contributed by atoms with Crippen molar-refractivity contribution in [2.24, 2.45) is 0 Å². The number of aromatic nitrogens is 1. The molecule has 0 saturated carbocycles. The zero-order valence-corrected chi connectivity index (χ0v) is 15.4. The highest BCUT2D eigenvalue weighted by Crippen LogP contribution is 2.25. The fourth-order valence-electron chi connectivity index (χ4n) is 3.71. The van der Waals surface area contributed by atoms with Gasteiger partial charge in [-0.2, -0.15) is 0 Å². The normalized spacial score (nSPS) is 15.0. The molecule has 0 radical (unpaired) electrons. The van der Waals surface area contributed by atoms with E-state index >= 15 is 0 Å². The monoisotopic (exact) mass is 347 g/mol. The van der Waals surface area contributed by atoms with Gasteiger partial charge in [0, 0.05) is 36.1 Å². The third-order valence-corrected chi connectivity index (χ3v) is 5.44. The van der Waals surface area contributed by atoms with Crippen LogP contribution in [0.15, 0.2) is 54.6 Å². The van der Waals surface area contributed by atoms with Crippen molar-refractivity contribution in [3.8, 4) is 0 Å². The molecule has 1 amide bonds. The minimum Gasteiger partial charge on any atom is -0.351 e. The fourth-order valence-corrected chi connectivity index (χ4v) is 3.71. The van der Waals surface area contributed by atoms with E-state index in [1.165, 1.54) is 11.1 Å². The summed E-state index contributed by atoms with van der Waals surface area (Å²) in [7, 11) is 0. The lowest BCUT2D eigenvalue weighted by atomic mass is 9.94. The summed E-state index contributed by atoms with van der Waals surface area (Å²) in [5.74, 6) is -0.0494. The Hall–Kier alpha value is -2.59. The number of rotatable bonds is 4. The maximum atomic E-state index is 12.6. The number of H-pyrrole nitrogens is 1. The third-order valence-electron chi connectivity index (χ3n) is 5.44. The second-order valence-corrected chi connectivity index (χ2v) is 7.71. The first-order valence-corrected chi connectivity index (χ1v) is 9.21. The molecule has 2 N–H and O–H groups in total. The van der Waals surface area contributed by atoms with Gasteiger partial charge in [-0.05, 0) is 43.5 Å². The number of amides is 1. The van der Waals surface area contributed by atoms with E-state index in [0.717, 1.165) is 30.4 Å². The summed E-state index contributed by atoms with van der Waals surface area (Å²) in [4.78, 5) is 18.2. The van der Waals surface area contributed by atoms with E-state index in [9.17, 15) is 4.79 Å². The molecular weight excluding hydrogens is 322 g/mol. The lowest BCUT2D eigenvalue weighted by Crippen LogP contribution is -2.53. The first-order valence-electron chi connectivity index (χ1n) is 9.21. The minimum atomic E-state index is -0.102. The zero-order valence-electron chi connectivity index (χ0n) is 15.4. The number of carbonyl (C=O) groups excluding carboxylic acids is 1. The molecule has 4 heteroatoms. The van der Waals surface area contributed by atoms with Crippen molar-refractivity contribution < 1.29 is 4.79 Å². The predicted octanol–water partition coefficient (Wildman–Crippen LogP) is 3.73. The lowest BCUT2D eigenvalue weighted by Gasteiger charge is -2.41. The number of fused-ring (bicyclic) bond motifs is 2. The molecule has 0 bridgehead atoms. The molecule has 26 heavy (non-hydrogen) atoms. The van der Waals surface area contributed by atoms with Crippen molar-refractivity contribution in [1.82, 2.24) is 15.2 Å². The van der Waals surface area contributed by atoms with Crippen LogP contribution in [-0.2, 0) is 13.0 Å². The van der Waals surface area contributed by atoms with Crippen LogP contribution in [0.2, 0.25) is 0 Å². The summed E-state index contributed by atoms with van der Waals surface area (Å²) >= 11 is 0. The lowest BCUT2D eigenvalue weighted by molar-refractivity contribution is 0.0823. The van der Waals surface area contributed by atoms with Gasteiger partial charge in [0.2, 0.25) is 0 Å². The van der Waals surface area contributed by atoms with Crippen LogP contribution in [0.1, 0.15) is 35.5 Å². The number of hydrogen-bond acceptors (Lipinski definition) is 2. The number of carbonyl (C=O) groups is 1. The second-order valence-electron chi connectivity index (χ2n) is 7.71. The number of aromatic amines is 1. The minimum absolute atomic E-state index is 0.0494. The van der Waals surface area contributed by atoms with Crippen LogP contribution in [0.3, 0.4) is 0 Å². The molecule has 1 aliphatic rings. The summed E-state index contributed by atoms with van der Waals surface area (Å²) in [6.07, 6.45) is 1.07. The molecule has 4 rings (SSSR count). The van der Waals surface area contributed by atoms with Crippen LogP contribution < -0.4 is 5.32 Å². The molecule has 0 unspecified atom stereocenters. The van der Waals surface area contributed by atoms with E-state index in [-0.39, 0.29) is 11.4 Å². The van der Waals surface area contributed by atoms with Gasteiger partial charge in [0.15, 0.2) is 0 Å². The number of benzene rings is 2. The Morgan fingerprint density at radius 1 is 1.12 bits per heavy atom. The molecular formula is C22H25N3O. The Morgan fingerprint density at radius 3 is 2.65 bits per heavy atom. The highest BCUT2D eigenvalue weighted by molar-refractivity contribution is 5.98. The smallest absolute Gasteiger partial charge is 0.267 e. The summed E-state index contributed by atoms with van der Waals surface area (Å²) in [5.41, 5.74) is 4.35. The van der Waals surface area contributed by atoms with E-state index in [2.05, 4.69) is 53.3 Å². The number of para-hydroxylation sites is 1. The van der Waals surface area contributed by atoms with E-state index < -0.39 is 0 Å². The summed E-state index contributed by atoms with van der Waals surface area (Å²) in [5, 5.41) is 4.17. The van der Waals surface area contributed by atoms with Gasteiger partial charge in [-0.3, -0.25) is 9.69 Å². The maximum absolute atomic E-state index is 12.6. The highest BCUT2D eigenvalue weighted by Gasteiger charge is 2.30. The quantitative estimate of drug-likeness (QED) is 0.755. The van der Waals surface area contributed by atoms with Crippen LogP contribution in [0, 0.1) is 0 Å². The van der Waals surface area contributed by atoms with Crippen molar-refractivity contribution in [3.63, 3.8) is 0 Å². The average Bonchev–Trinajstić information content (AvgIpc) is 3.10. The topological polar surface area (TPSA) is 48.1 Å². The Morgan fingerprint density at radius 2 is 1.85 bits per heavy atom. The van der Waals surface area contributed by atoms with Crippen LogP contribution in [0.4, 0.5) is 0 Å². The van der Waals surface area contributed by atoms with Gasteiger partial charge in [0.1, 0.15) is 5.69 Å². The molecule has 0 spiro atoms. The van der Waals surface area contributed by atoms with E-state index in [1.807, 2.05) is 30.3 Å². The van der Waals surface area contributed by atoms with Crippen molar-refractivity contribution in [2.75, 3.05) is 13.1 Å². The van der Waals surface area contributed by atoms with Gasteiger partial charge in [0.05, 0.1) is 0 Å². The zero-order chi connectivity index (χ0) is 18.1. The van der Waals surface area contributed by atoms with Crippen molar-refractivity contribution in [3.05, 3.63) is 71.4 Å². The molecule has 1 aliphatic heterocycles. The fraction of sp³-hybridized carbons (Fsp3) is 0.318. The SMILES string of the molecule is CC(C)(CNC(=O)c1cc2ccccc2[nH]1)N1CCc2ccccc2C1. The average molecular weight is 347 g/mol. The standard InChI is InChI=1S/C22H25N3O/c1-22(2,25-12-11-16-7-3-4-9-18(16)14-25)15-23-21(26)20-13-17-8-5-6-10-19(17)24-20/h3-10,13,24H,11-12,14-15H2,1-2H3,(H,23,26). The maximum Gasteiger partial charge on any atom is 0.267 e. The number of nitrogens with one attached hydrogen (secondary N) is 2. The highest BCUT2D eigenvalue weighted by atomic mass is 16.1. The van der Waals surface area contributed by atoms with Crippen molar-refractivity contribution in [1.29, 1.82) is 0 Å². The molecule has 2 aromatic carbocycles. The first kappa shape index (κ1) is 16.9. The molecule has 2 heterocycles. The molecule has 134 valence electrons. The molecule has 0 fully saturated rings. The van der Waals surface area contributed by atoms with Crippen LogP contribution >= 0.6 is 0 Å². The molecule has 4 nitrogen and oxygen atoms in total. The van der Waals surface area contributed by atoms with Gasteiger partial charge in [-0.1, -0.05) is 42.5 Å². The predicted molar refractivity (Wildman–Crippen MR) is 105 cm³/mol. The molecule has 1 aromatic heterocycles. The van der Waals surface area contributed by atoms with E-state index in [1.54, 1.807) is 0 Å². The van der Waals surface area contributed by atoms with Crippen molar-refractivity contribution in [2.45, 2.75) is 32.4 Å². The Bertz CT molecular complexity index is 908. The Labute approximate surface area is 154 Å². The number of hydrogen-bond donors (Lipinski definition) is 2. The van der Waals surface area contributed by atoms with Crippen LogP contribution in [0.5, 0.6) is 0 Å². The summed E-state index contributed by atoms with van der Waals surface area (Å²) in [6, 6.07) is 18.5. The molecule has 0 saturated heterocycles. The Balaban J connectivity index is 1.42. The van der Waals surface area contributed by atoms with Gasteiger partial charge in [0.25, 0.3) is 5.91 Å². The molecule has 0 atom stereocenters. The summed E-state index contributed by atoms with van der Waals surface area (Å²) in [6.45, 7) is 6.97. The van der Waals surface area contributed by atoms with E-state index in [0.29, 0.717) is 12.2 Å².